The molecule has 0 fully saturated rings. The molecule has 0 radical (unpaired) electrons. The standard InChI is InChI=1S/C18H23N3O4/c1-4-24-17(22)13-12(11-9-7-6-8-10(11)3)14(18(23)25-5-2)16(20)21-15(13)19/h6-9,12,21H,4-5,19-20H2,1-3H3. The van der Waals surface area contributed by atoms with E-state index >= 15 is 0 Å². The van der Waals surface area contributed by atoms with E-state index in [2.05, 4.69) is 5.32 Å². The number of benzene rings is 1. The lowest BCUT2D eigenvalue weighted by Gasteiger charge is -2.30. The lowest BCUT2D eigenvalue weighted by molar-refractivity contribution is -0.139. The summed E-state index contributed by atoms with van der Waals surface area (Å²) in [5.41, 5.74) is 14.0. The molecule has 134 valence electrons. The van der Waals surface area contributed by atoms with Gasteiger partial charge in [-0.05, 0) is 31.9 Å². The Kier molecular flexibility index (Phi) is 5.69. The first-order valence-electron chi connectivity index (χ1n) is 8.08. The van der Waals surface area contributed by atoms with Gasteiger partial charge in [-0.25, -0.2) is 9.59 Å². The molecule has 5 N–H and O–H groups in total. The summed E-state index contributed by atoms with van der Waals surface area (Å²) in [5.74, 6) is -1.83. The van der Waals surface area contributed by atoms with E-state index < -0.39 is 17.9 Å². The van der Waals surface area contributed by atoms with E-state index in [9.17, 15) is 9.59 Å². The number of rotatable bonds is 5. The molecule has 2 rings (SSSR count). The summed E-state index contributed by atoms with van der Waals surface area (Å²) < 4.78 is 10.3. The van der Waals surface area contributed by atoms with Crippen LogP contribution < -0.4 is 16.8 Å². The Morgan fingerprint density at radius 2 is 1.48 bits per heavy atom. The molecule has 1 heterocycles. The molecular weight excluding hydrogens is 322 g/mol. The number of hydrogen-bond donors (Lipinski definition) is 3. The molecule has 1 aliphatic rings. The quantitative estimate of drug-likeness (QED) is 0.685. The number of hydrogen-bond acceptors (Lipinski definition) is 7. The van der Waals surface area contributed by atoms with Gasteiger partial charge in [0, 0.05) is 0 Å². The third kappa shape index (κ3) is 3.60. The average Bonchev–Trinajstić information content (AvgIpc) is 2.54. The predicted molar refractivity (Wildman–Crippen MR) is 92.7 cm³/mol. The minimum Gasteiger partial charge on any atom is -0.463 e. The van der Waals surface area contributed by atoms with E-state index in [4.69, 9.17) is 20.9 Å². The number of ether oxygens (including phenoxy) is 2. The Morgan fingerprint density at radius 1 is 1.00 bits per heavy atom. The Balaban J connectivity index is 2.66. The number of carbonyl (C=O) groups is 2. The van der Waals surface area contributed by atoms with E-state index in [-0.39, 0.29) is 36.0 Å². The van der Waals surface area contributed by atoms with E-state index in [1.165, 1.54) is 0 Å². The first kappa shape index (κ1) is 18.4. The van der Waals surface area contributed by atoms with Crippen molar-refractivity contribution in [3.63, 3.8) is 0 Å². The number of nitrogens with one attached hydrogen (secondary N) is 1. The van der Waals surface area contributed by atoms with Crippen LogP contribution in [0.4, 0.5) is 0 Å². The molecule has 7 heteroatoms. The fourth-order valence-electron chi connectivity index (χ4n) is 2.83. The SMILES string of the molecule is CCOC(=O)C1=C(N)NC(N)=C(C(=O)OCC)C1c1ccccc1C. The van der Waals surface area contributed by atoms with Crippen molar-refractivity contribution in [2.24, 2.45) is 11.5 Å². The van der Waals surface area contributed by atoms with Gasteiger partial charge in [0.15, 0.2) is 0 Å². The number of dihydropyridines is 1. The van der Waals surface area contributed by atoms with Crippen molar-refractivity contribution < 1.29 is 19.1 Å². The van der Waals surface area contributed by atoms with Crippen molar-refractivity contribution in [2.45, 2.75) is 26.7 Å². The number of esters is 2. The van der Waals surface area contributed by atoms with Gasteiger partial charge in [0.25, 0.3) is 0 Å². The van der Waals surface area contributed by atoms with Gasteiger partial charge in [-0.15, -0.1) is 0 Å². The summed E-state index contributed by atoms with van der Waals surface area (Å²) in [5, 5.41) is 2.69. The van der Waals surface area contributed by atoms with Crippen LogP contribution in [-0.4, -0.2) is 25.2 Å². The van der Waals surface area contributed by atoms with Crippen molar-refractivity contribution >= 4 is 11.9 Å². The highest BCUT2D eigenvalue weighted by Crippen LogP contribution is 2.38. The van der Waals surface area contributed by atoms with Crippen LogP contribution in [-0.2, 0) is 19.1 Å². The van der Waals surface area contributed by atoms with Gasteiger partial charge in [0.1, 0.15) is 11.6 Å². The van der Waals surface area contributed by atoms with Crippen molar-refractivity contribution in [1.82, 2.24) is 5.32 Å². The fraction of sp³-hybridized carbons (Fsp3) is 0.333. The zero-order valence-corrected chi connectivity index (χ0v) is 14.6. The normalized spacial score (nSPS) is 15.0. The molecule has 0 spiro atoms. The second-order valence-electron chi connectivity index (χ2n) is 5.51. The second-order valence-corrected chi connectivity index (χ2v) is 5.51. The van der Waals surface area contributed by atoms with Crippen LogP contribution in [0.1, 0.15) is 30.9 Å². The summed E-state index contributed by atoms with van der Waals surface area (Å²) in [7, 11) is 0. The number of nitrogens with two attached hydrogens (primary N) is 2. The van der Waals surface area contributed by atoms with Gasteiger partial charge in [0.2, 0.25) is 0 Å². The molecule has 0 aliphatic carbocycles. The Hall–Kier alpha value is -2.96. The molecule has 25 heavy (non-hydrogen) atoms. The lowest BCUT2D eigenvalue weighted by atomic mass is 9.80. The minimum absolute atomic E-state index is 0.0669. The molecule has 1 aromatic carbocycles. The second kappa shape index (κ2) is 7.74. The van der Waals surface area contributed by atoms with Gasteiger partial charge in [0.05, 0.1) is 30.3 Å². The fourth-order valence-corrected chi connectivity index (χ4v) is 2.83. The molecule has 0 amide bonds. The third-order valence-corrected chi connectivity index (χ3v) is 3.92. The Bertz CT molecular complexity index is 712. The van der Waals surface area contributed by atoms with Crippen LogP contribution in [0.5, 0.6) is 0 Å². The van der Waals surface area contributed by atoms with Gasteiger partial charge >= 0.3 is 11.9 Å². The third-order valence-electron chi connectivity index (χ3n) is 3.92. The van der Waals surface area contributed by atoms with Crippen molar-refractivity contribution in [3.05, 3.63) is 58.2 Å². The molecule has 0 bridgehead atoms. The zero-order chi connectivity index (χ0) is 18.6. The van der Waals surface area contributed by atoms with E-state index in [0.717, 1.165) is 11.1 Å². The smallest absolute Gasteiger partial charge is 0.338 e. The Labute approximate surface area is 146 Å². The summed E-state index contributed by atoms with van der Waals surface area (Å²) in [4.78, 5) is 25.0. The minimum atomic E-state index is -0.763. The molecule has 1 aromatic rings. The van der Waals surface area contributed by atoms with Gasteiger partial charge < -0.3 is 26.3 Å². The maximum absolute atomic E-state index is 12.5. The lowest BCUT2D eigenvalue weighted by Crippen LogP contribution is -2.39. The summed E-state index contributed by atoms with van der Waals surface area (Å²) in [6.45, 7) is 5.65. The van der Waals surface area contributed by atoms with Gasteiger partial charge in [-0.1, -0.05) is 24.3 Å². The first-order valence-corrected chi connectivity index (χ1v) is 8.08. The van der Waals surface area contributed by atoms with Gasteiger partial charge in [-0.3, -0.25) is 0 Å². The van der Waals surface area contributed by atoms with Crippen LogP contribution in [0.15, 0.2) is 47.1 Å². The molecule has 0 saturated heterocycles. The van der Waals surface area contributed by atoms with Crippen molar-refractivity contribution in [1.29, 1.82) is 0 Å². The van der Waals surface area contributed by atoms with E-state index in [1.807, 2.05) is 31.2 Å². The zero-order valence-electron chi connectivity index (χ0n) is 14.6. The molecule has 7 nitrogen and oxygen atoms in total. The predicted octanol–water partition coefficient (Wildman–Crippen LogP) is 1.15. The largest absolute Gasteiger partial charge is 0.463 e. The molecule has 1 aliphatic heterocycles. The van der Waals surface area contributed by atoms with Crippen LogP contribution in [0, 0.1) is 6.92 Å². The molecule has 0 aromatic heterocycles. The topological polar surface area (TPSA) is 117 Å². The molecule has 0 saturated carbocycles. The molecule has 0 unspecified atom stereocenters. The average molecular weight is 345 g/mol. The summed E-state index contributed by atoms with van der Waals surface area (Å²) in [6.07, 6.45) is 0. The van der Waals surface area contributed by atoms with Gasteiger partial charge in [-0.2, -0.15) is 0 Å². The molecular formula is C18H23N3O4. The highest BCUT2D eigenvalue weighted by atomic mass is 16.5. The van der Waals surface area contributed by atoms with E-state index in [0.29, 0.717) is 0 Å². The van der Waals surface area contributed by atoms with Crippen LogP contribution in [0.2, 0.25) is 0 Å². The van der Waals surface area contributed by atoms with Crippen LogP contribution in [0.25, 0.3) is 0 Å². The van der Waals surface area contributed by atoms with E-state index in [1.54, 1.807) is 13.8 Å². The van der Waals surface area contributed by atoms with Crippen LogP contribution in [0.3, 0.4) is 0 Å². The highest BCUT2D eigenvalue weighted by Gasteiger charge is 2.39. The first-order chi connectivity index (χ1) is 11.9. The van der Waals surface area contributed by atoms with Crippen molar-refractivity contribution in [2.75, 3.05) is 13.2 Å². The van der Waals surface area contributed by atoms with Crippen molar-refractivity contribution in [3.8, 4) is 0 Å². The Morgan fingerprint density at radius 3 is 1.92 bits per heavy atom. The maximum atomic E-state index is 12.5. The number of carbonyl (C=O) groups excluding carboxylic acids is 2. The summed E-state index contributed by atoms with van der Waals surface area (Å²) in [6, 6.07) is 7.40. The monoisotopic (exact) mass is 345 g/mol. The van der Waals surface area contributed by atoms with Crippen LogP contribution >= 0.6 is 0 Å². The highest BCUT2D eigenvalue weighted by molar-refractivity contribution is 5.99. The molecule has 0 atom stereocenters. The maximum Gasteiger partial charge on any atom is 0.338 e. The number of aryl methyl sites for hydroxylation is 1. The summed E-state index contributed by atoms with van der Waals surface area (Å²) >= 11 is 0.